The molecular formula is C28H26N4O2S. The van der Waals surface area contributed by atoms with Gasteiger partial charge in [-0.15, -0.1) is 10.2 Å². The van der Waals surface area contributed by atoms with Gasteiger partial charge < -0.3 is 14.8 Å². The number of fused-ring (bicyclic) bond motifs is 1. The number of nitrogens with zero attached hydrogens (tertiary/aromatic N) is 3. The summed E-state index contributed by atoms with van der Waals surface area (Å²) in [6.45, 7) is 0.227. The number of ether oxygens (including phenoxy) is 1. The third-order valence-corrected chi connectivity index (χ3v) is 7.30. The Morgan fingerprint density at radius 2 is 1.69 bits per heavy atom. The molecule has 2 heterocycles. The normalized spacial score (nSPS) is 14.3. The van der Waals surface area contributed by atoms with E-state index in [1.165, 1.54) is 17.3 Å². The Hall–Kier alpha value is -3.55. The van der Waals surface area contributed by atoms with Crippen molar-refractivity contribution < 1.29 is 9.84 Å². The van der Waals surface area contributed by atoms with Crippen molar-refractivity contribution in [1.29, 1.82) is 0 Å². The predicted octanol–water partition coefficient (Wildman–Crippen LogP) is 5.96. The number of H-pyrrole nitrogens is 1. The molecule has 1 unspecified atom stereocenters. The molecule has 6 nitrogen and oxygen atoms in total. The Balaban J connectivity index is 1.10. The van der Waals surface area contributed by atoms with E-state index in [0.717, 1.165) is 51.6 Å². The summed E-state index contributed by atoms with van der Waals surface area (Å²) in [5.41, 5.74) is 4.46. The van der Waals surface area contributed by atoms with Gasteiger partial charge in [-0.05, 0) is 42.2 Å². The van der Waals surface area contributed by atoms with Crippen molar-refractivity contribution in [2.24, 2.45) is 0 Å². The minimum absolute atomic E-state index is 0.227. The molecule has 3 aromatic carbocycles. The average Bonchev–Trinajstić information content (AvgIpc) is 3.52. The van der Waals surface area contributed by atoms with Crippen molar-refractivity contribution in [3.8, 4) is 28.3 Å². The van der Waals surface area contributed by atoms with Crippen molar-refractivity contribution in [1.82, 2.24) is 19.7 Å². The number of para-hydroxylation sites is 1. The van der Waals surface area contributed by atoms with Crippen molar-refractivity contribution in [3.05, 3.63) is 85.1 Å². The highest BCUT2D eigenvalue weighted by Gasteiger charge is 2.31. The van der Waals surface area contributed by atoms with E-state index in [1.54, 1.807) is 0 Å². The highest BCUT2D eigenvalue weighted by Crippen LogP contribution is 2.42. The van der Waals surface area contributed by atoms with Gasteiger partial charge in [0.2, 0.25) is 0 Å². The van der Waals surface area contributed by atoms with Gasteiger partial charge in [-0.3, -0.25) is 4.57 Å². The van der Waals surface area contributed by atoms with Gasteiger partial charge in [-0.25, -0.2) is 0 Å². The smallest absolute Gasteiger partial charge is 0.191 e. The van der Waals surface area contributed by atoms with E-state index in [9.17, 15) is 5.11 Å². The highest BCUT2D eigenvalue weighted by molar-refractivity contribution is 7.99. The fourth-order valence-corrected chi connectivity index (χ4v) is 5.17. The zero-order valence-corrected chi connectivity index (χ0v) is 20.0. The van der Waals surface area contributed by atoms with E-state index in [1.807, 2.05) is 60.8 Å². The summed E-state index contributed by atoms with van der Waals surface area (Å²) in [7, 11) is 0. The molecule has 6 rings (SSSR count). The van der Waals surface area contributed by atoms with E-state index in [-0.39, 0.29) is 6.61 Å². The van der Waals surface area contributed by atoms with Crippen molar-refractivity contribution in [2.75, 3.05) is 12.4 Å². The quantitative estimate of drug-likeness (QED) is 0.254. The summed E-state index contributed by atoms with van der Waals surface area (Å²) in [5, 5.41) is 21.6. The summed E-state index contributed by atoms with van der Waals surface area (Å²) < 4.78 is 8.07. The molecule has 1 atom stereocenters. The van der Waals surface area contributed by atoms with Gasteiger partial charge in [-0.2, -0.15) is 0 Å². The maximum absolute atomic E-state index is 10.6. The lowest BCUT2D eigenvalue weighted by Crippen LogP contribution is -2.20. The molecule has 0 spiro atoms. The first-order valence-electron chi connectivity index (χ1n) is 11.9. The van der Waals surface area contributed by atoms with E-state index < -0.39 is 6.10 Å². The molecule has 1 aliphatic carbocycles. The first kappa shape index (κ1) is 21.9. The Kier molecular flexibility index (Phi) is 6.02. The van der Waals surface area contributed by atoms with Crippen LogP contribution in [0.25, 0.3) is 33.4 Å². The topological polar surface area (TPSA) is 76.0 Å². The van der Waals surface area contributed by atoms with Gasteiger partial charge >= 0.3 is 0 Å². The molecule has 1 aliphatic rings. The Bertz CT molecular complexity index is 1420. The molecule has 0 bridgehead atoms. The fourth-order valence-electron chi connectivity index (χ4n) is 4.26. The van der Waals surface area contributed by atoms with Gasteiger partial charge in [0.1, 0.15) is 12.4 Å². The van der Waals surface area contributed by atoms with Crippen LogP contribution in [0.2, 0.25) is 0 Å². The first-order chi connectivity index (χ1) is 17.3. The highest BCUT2D eigenvalue weighted by atomic mass is 32.2. The number of hydrogen-bond acceptors (Lipinski definition) is 5. The van der Waals surface area contributed by atoms with Crippen molar-refractivity contribution in [3.63, 3.8) is 0 Å². The fraction of sp³-hybridized carbons (Fsp3) is 0.214. The van der Waals surface area contributed by atoms with E-state index in [4.69, 9.17) is 4.74 Å². The second-order valence-electron chi connectivity index (χ2n) is 8.82. The first-order valence-corrected chi connectivity index (χ1v) is 12.9. The van der Waals surface area contributed by atoms with Crippen LogP contribution in [0.5, 0.6) is 5.75 Å². The molecule has 35 heavy (non-hydrogen) atoms. The van der Waals surface area contributed by atoms with E-state index in [0.29, 0.717) is 11.8 Å². The Labute approximate surface area is 208 Å². The Morgan fingerprint density at radius 3 is 2.49 bits per heavy atom. The zero-order valence-electron chi connectivity index (χ0n) is 19.2. The summed E-state index contributed by atoms with van der Waals surface area (Å²) in [6.07, 6.45) is 3.65. The van der Waals surface area contributed by atoms with Gasteiger partial charge in [0.25, 0.3) is 0 Å². The summed E-state index contributed by atoms with van der Waals surface area (Å²) in [6, 6.07) is 26.9. The van der Waals surface area contributed by atoms with Crippen LogP contribution >= 0.6 is 11.8 Å². The van der Waals surface area contributed by atoms with Crippen LogP contribution in [0, 0.1) is 0 Å². The zero-order chi connectivity index (χ0) is 23.6. The van der Waals surface area contributed by atoms with E-state index in [2.05, 4.69) is 44.0 Å². The number of aromatic nitrogens is 4. The number of benzene rings is 3. The van der Waals surface area contributed by atoms with Gasteiger partial charge in [0.15, 0.2) is 11.0 Å². The number of hydrogen-bond donors (Lipinski definition) is 2. The summed E-state index contributed by atoms with van der Waals surface area (Å²) in [4.78, 5) is 3.33. The second kappa shape index (κ2) is 9.60. The summed E-state index contributed by atoms with van der Waals surface area (Å²) >= 11 is 1.53. The predicted molar refractivity (Wildman–Crippen MR) is 140 cm³/mol. The molecular weight excluding hydrogens is 456 g/mol. The molecule has 2 N–H and O–H groups in total. The monoisotopic (exact) mass is 482 g/mol. The largest absolute Gasteiger partial charge is 0.491 e. The number of aliphatic hydroxyl groups is 1. The molecule has 0 aliphatic heterocycles. The lowest BCUT2D eigenvalue weighted by atomic mass is 10.1. The van der Waals surface area contributed by atoms with Gasteiger partial charge in [0, 0.05) is 34.5 Å². The minimum Gasteiger partial charge on any atom is -0.491 e. The van der Waals surface area contributed by atoms with Crippen LogP contribution in [0.3, 0.4) is 0 Å². The molecule has 0 radical (unpaired) electrons. The van der Waals surface area contributed by atoms with Gasteiger partial charge in [0.05, 0.1) is 6.10 Å². The van der Waals surface area contributed by atoms with Crippen LogP contribution in [0.15, 0.2) is 90.2 Å². The second-order valence-corrected chi connectivity index (χ2v) is 9.81. The lowest BCUT2D eigenvalue weighted by Gasteiger charge is -2.13. The SMILES string of the molecule is OC(COc1ccc(-c2ccccc2)cc1)CSc1nnc(-c2c[nH]c3ccccc23)n1C1CC1. The average molecular weight is 483 g/mol. The number of rotatable bonds is 9. The maximum atomic E-state index is 10.6. The summed E-state index contributed by atoms with van der Waals surface area (Å²) in [5.74, 6) is 2.12. The standard InChI is InChI=1S/C28H26N4O2S/c33-22(17-34-23-14-10-20(11-15-23)19-6-2-1-3-7-19)18-35-28-31-30-27(32(28)21-12-13-21)25-16-29-26-9-5-4-8-24(25)26/h1-11,14-16,21-22,29,33H,12-13,17-18H2. The molecule has 5 aromatic rings. The molecule has 1 fully saturated rings. The number of aromatic amines is 1. The molecule has 1 saturated carbocycles. The lowest BCUT2D eigenvalue weighted by molar-refractivity contribution is 0.126. The molecule has 176 valence electrons. The van der Waals surface area contributed by atoms with Crippen molar-refractivity contribution in [2.45, 2.75) is 30.1 Å². The molecule has 0 saturated heterocycles. The van der Waals surface area contributed by atoms with Crippen LogP contribution in [0.1, 0.15) is 18.9 Å². The maximum Gasteiger partial charge on any atom is 0.191 e. The van der Waals surface area contributed by atoms with E-state index >= 15 is 0 Å². The number of thioether (sulfide) groups is 1. The Morgan fingerprint density at radius 1 is 0.943 bits per heavy atom. The van der Waals surface area contributed by atoms with Crippen LogP contribution in [-0.4, -0.2) is 43.3 Å². The number of nitrogens with one attached hydrogen (secondary N) is 1. The van der Waals surface area contributed by atoms with Crippen LogP contribution in [0.4, 0.5) is 0 Å². The molecule has 0 amide bonds. The molecule has 2 aromatic heterocycles. The van der Waals surface area contributed by atoms with Gasteiger partial charge in [-0.1, -0.05) is 72.4 Å². The number of aliphatic hydroxyl groups excluding tert-OH is 1. The minimum atomic E-state index is -0.616. The van der Waals surface area contributed by atoms with Crippen molar-refractivity contribution >= 4 is 22.7 Å². The third-order valence-electron chi connectivity index (χ3n) is 6.22. The third kappa shape index (κ3) is 4.70. The van der Waals surface area contributed by atoms with Crippen LogP contribution in [-0.2, 0) is 0 Å². The molecule has 7 heteroatoms. The van der Waals surface area contributed by atoms with Crippen LogP contribution < -0.4 is 4.74 Å².